The van der Waals surface area contributed by atoms with Crippen molar-refractivity contribution in [2.24, 2.45) is 0 Å². The Kier molecular flexibility index (Phi) is 6.98. The zero-order valence-electron chi connectivity index (χ0n) is 13.9. The number of carboxylic acids is 1. The van der Waals surface area contributed by atoms with Gasteiger partial charge in [0.15, 0.2) is 16.8 Å². The molecule has 26 heavy (non-hydrogen) atoms. The number of anilines is 3. The largest absolute Gasteiger partial charge is 0.481 e. The molecule has 2 rings (SSSR count). The normalized spacial score (nSPS) is 10.2. The lowest BCUT2D eigenvalue weighted by Gasteiger charge is -2.12. The van der Waals surface area contributed by atoms with Gasteiger partial charge in [0, 0.05) is 12.3 Å². The fourth-order valence-corrected chi connectivity index (χ4v) is 2.90. The van der Waals surface area contributed by atoms with Crippen LogP contribution < -0.4 is 16.4 Å². The van der Waals surface area contributed by atoms with Crippen molar-refractivity contribution in [2.45, 2.75) is 17.3 Å². The van der Waals surface area contributed by atoms with Gasteiger partial charge >= 0.3 is 5.97 Å². The molecule has 0 saturated heterocycles. The highest BCUT2D eigenvalue weighted by Crippen LogP contribution is 2.29. The minimum atomic E-state index is -0.862. The maximum atomic E-state index is 10.7. The van der Waals surface area contributed by atoms with Crippen LogP contribution in [0.1, 0.15) is 11.1 Å². The number of benzene rings is 1. The summed E-state index contributed by atoms with van der Waals surface area (Å²) in [6, 6.07) is 7.31. The van der Waals surface area contributed by atoms with Crippen molar-refractivity contribution in [3.05, 3.63) is 48.0 Å². The number of carbonyl (C=O) groups is 2. The van der Waals surface area contributed by atoms with Gasteiger partial charge in [-0.15, -0.1) is 6.58 Å². The van der Waals surface area contributed by atoms with E-state index in [0.717, 1.165) is 11.1 Å². The van der Waals surface area contributed by atoms with Crippen molar-refractivity contribution in [3.8, 4) is 0 Å². The van der Waals surface area contributed by atoms with E-state index in [1.807, 2.05) is 12.1 Å². The average Bonchev–Trinajstić information content (AvgIpc) is 2.61. The number of carbonyl (C=O) groups excluding carboxylic acids is 1. The van der Waals surface area contributed by atoms with Crippen LogP contribution in [0.15, 0.2) is 42.1 Å². The number of nitrogen functional groups attached to an aromatic ring is 1. The van der Waals surface area contributed by atoms with Crippen LogP contribution in [0, 0.1) is 0 Å². The van der Waals surface area contributed by atoms with Gasteiger partial charge in [0.1, 0.15) is 5.69 Å². The summed E-state index contributed by atoms with van der Waals surface area (Å²) in [5, 5.41) is 14.8. The molecule has 5 N–H and O–H groups in total. The summed E-state index contributed by atoms with van der Waals surface area (Å²) in [4.78, 5) is 30.0. The van der Waals surface area contributed by atoms with Crippen molar-refractivity contribution in [2.75, 3.05) is 22.9 Å². The molecule has 0 aliphatic heterocycles. The summed E-state index contributed by atoms with van der Waals surface area (Å²) in [5.74, 6) is 0.315. The third-order valence-electron chi connectivity index (χ3n) is 3.28. The minimum Gasteiger partial charge on any atom is -0.481 e. The predicted molar refractivity (Wildman–Crippen MR) is 102 cm³/mol. The number of nitrogens with one attached hydrogen (secondary N) is 2. The number of aromatic nitrogens is 2. The molecule has 0 unspecified atom stereocenters. The zero-order chi connectivity index (χ0) is 18.9. The Morgan fingerprint density at radius 1 is 1.27 bits per heavy atom. The van der Waals surface area contributed by atoms with E-state index >= 15 is 0 Å². The molecule has 0 radical (unpaired) electrons. The molecule has 1 heterocycles. The molecular weight excluding hydrogens is 354 g/mol. The number of hydrogen-bond acceptors (Lipinski definition) is 7. The molecule has 0 atom stereocenters. The maximum absolute atomic E-state index is 10.7. The van der Waals surface area contributed by atoms with Gasteiger partial charge in [-0.2, -0.15) is 0 Å². The Hall–Kier alpha value is -3.07. The fraction of sp³-hybridized carbons (Fsp3) is 0.176. The number of thioether (sulfide) groups is 1. The Morgan fingerprint density at radius 3 is 2.58 bits per heavy atom. The van der Waals surface area contributed by atoms with E-state index in [1.54, 1.807) is 18.2 Å². The SMILES string of the molecule is C=CCNc1nc(SCc2ccc(CC(=O)O)cc2)nc(N)c1NC=O. The van der Waals surface area contributed by atoms with Crippen LogP contribution in [0.5, 0.6) is 0 Å². The molecule has 0 fully saturated rings. The predicted octanol–water partition coefficient (Wildman–Crippen LogP) is 2.14. The number of nitrogens with two attached hydrogens (primary N) is 1. The van der Waals surface area contributed by atoms with Crippen LogP contribution in [0.2, 0.25) is 0 Å². The monoisotopic (exact) mass is 373 g/mol. The van der Waals surface area contributed by atoms with Crippen LogP contribution in [0.3, 0.4) is 0 Å². The Labute approximate surface area is 154 Å². The summed E-state index contributed by atoms with van der Waals surface area (Å²) in [6.07, 6.45) is 2.17. The summed E-state index contributed by atoms with van der Waals surface area (Å²) in [7, 11) is 0. The summed E-state index contributed by atoms with van der Waals surface area (Å²) < 4.78 is 0. The van der Waals surface area contributed by atoms with Gasteiger partial charge in [-0.1, -0.05) is 42.1 Å². The minimum absolute atomic E-state index is 0.00338. The molecule has 0 bridgehead atoms. The van der Waals surface area contributed by atoms with E-state index < -0.39 is 5.97 Å². The average molecular weight is 373 g/mol. The van der Waals surface area contributed by atoms with Crippen molar-refractivity contribution in [1.82, 2.24) is 9.97 Å². The number of amides is 1. The van der Waals surface area contributed by atoms with Crippen LogP contribution in [0.25, 0.3) is 0 Å². The van der Waals surface area contributed by atoms with Crippen molar-refractivity contribution in [3.63, 3.8) is 0 Å². The molecule has 8 nitrogen and oxygen atoms in total. The van der Waals surface area contributed by atoms with Crippen LogP contribution in [-0.4, -0.2) is 34.0 Å². The van der Waals surface area contributed by atoms with E-state index in [-0.39, 0.29) is 12.2 Å². The first kappa shape index (κ1) is 19.3. The highest BCUT2D eigenvalue weighted by atomic mass is 32.2. The third kappa shape index (κ3) is 5.49. The second-order valence-electron chi connectivity index (χ2n) is 5.22. The summed E-state index contributed by atoms with van der Waals surface area (Å²) in [6.45, 7) is 4.09. The first-order chi connectivity index (χ1) is 12.5. The van der Waals surface area contributed by atoms with E-state index in [4.69, 9.17) is 10.8 Å². The molecule has 2 aromatic rings. The highest BCUT2D eigenvalue weighted by Gasteiger charge is 2.12. The quantitative estimate of drug-likeness (QED) is 0.216. The van der Waals surface area contributed by atoms with Gasteiger partial charge in [-0.25, -0.2) is 9.97 Å². The van der Waals surface area contributed by atoms with E-state index in [9.17, 15) is 9.59 Å². The molecule has 1 aromatic heterocycles. The van der Waals surface area contributed by atoms with Gasteiger partial charge in [-0.3, -0.25) is 9.59 Å². The fourth-order valence-electron chi connectivity index (χ4n) is 2.10. The Bertz CT molecular complexity index is 796. The lowest BCUT2D eigenvalue weighted by molar-refractivity contribution is -0.136. The van der Waals surface area contributed by atoms with E-state index in [2.05, 4.69) is 27.2 Å². The number of rotatable bonds is 10. The van der Waals surface area contributed by atoms with Gasteiger partial charge in [0.05, 0.1) is 6.42 Å². The molecule has 0 aliphatic rings. The third-order valence-corrected chi connectivity index (χ3v) is 4.20. The Morgan fingerprint density at radius 2 is 1.96 bits per heavy atom. The molecule has 9 heteroatoms. The van der Waals surface area contributed by atoms with Gasteiger partial charge < -0.3 is 21.5 Å². The van der Waals surface area contributed by atoms with Gasteiger partial charge in [0.25, 0.3) is 0 Å². The van der Waals surface area contributed by atoms with Gasteiger partial charge in [-0.05, 0) is 11.1 Å². The number of nitrogens with zero attached hydrogens (tertiary/aromatic N) is 2. The number of hydrogen-bond donors (Lipinski definition) is 4. The standard InChI is InChI=1S/C17H19N5O3S/c1-2-7-19-16-14(20-10-23)15(18)21-17(22-16)26-9-12-5-3-11(4-6-12)8-13(24)25/h2-6,10H,1,7-9H2,(H,20,23)(H,24,25)(H3,18,19,21,22). The van der Waals surface area contributed by atoms with Crippen LogP contribution in [0.4, 0.5) is 17.3 Å². The zero-order valence-corrected chi connectivity index (χ0v) is 14.8. The first-order valence-corrected chi connectivity index (χ1v) is 8.67. The Balaban J connectivity index is 2.10. The number of carboxylic acid groups (broad SMARTS) is 1. The molecular formula is C17H19N5O3S. The van der Waals surface area contributed by atoms with Crippen molar-refractivity contribution >= 4 is 41.5 Å². The molecule has 0 aliphatic carbocycles. The molecule has 1 aromatic carbocycles. The van der Waals surface area contributed by atoms with Crippen molar-refractivity contribution in [1.29, 1.82) is 0 Å². The second-order valence-corrected chi connectivity index (χ2v) is 6.16. The van der Waals surface area contributed by atoms with Crippen LogP contribution >= 0.6 is 11.8 Å². The first-order valence-electron chi connectivity index (χ1n) is 7.68. The van der Waals surface area contributed by atoms with E-state index in [0.29, 0.717) is 35.4 Å². The lowest BCUT2D eigenvalue weighted by Crippen LogP contribution is -2.10. The summed E-state index contributed by atoms with van der Waals surface area (Å²) in [5.41, 5.74) is 7.98. The second kappa shape index (κ2) is 9.42. The van der Waals surface area contributed by atoms with Crippen LogP contribution in [-0.2, 0) is 21.8 Å². The lowest BCUT2D eigenvalue weighted by atomic mass is 10.1. The van der Waals surface area contributed by atoms with Gasteiger partial charge in [0.2, 0.25) is 6.41 Å². The smallest absolute Gasteiger partial charge is 0.307 e. The number of aliphatic carboxylic acids is 1. The molecule has 136 valence electrons. The highest BCUT2D eigenvalue weighted by molar-refractivity contribution is 7.98. The van der Waals surface area contributed by atoms with Crippen molar-refractivity contribution < 1.29 is 14.7 Å². The summed E-state index contributed by atoms with van der Waals surface area (Å²) >= 11 is 1.38. The molecule has 0 spiro atoms. The molecule has 1 amide bonds. The topological polar surface area (TPSA) is 130 Å². The van der Waals surface area contributed by atoms with E-state index in [1.165, 1.54) is 11.8 Å². The molecule has 0 saturated carbocycles. The maximum Gasteiger partial charge on any atom is 0.307 e.